The van der Waals surface area contributed by atoms with Crippen LogP contribution in [0.5, 0.6) is 5.75 Å². The lowest BCUT2D eigenvalue weighted by Crippen LogP contribution is -2.43. The van der Waals surface area contributed by atoms with E-state index in [4.69, 9.17) is 14.7 Å². The van der Waals surface area contributed by atoms with E-state index in [-0.39, 0.29) is 11.4 Å². The standard InChI is InChI=1S/C46H37N2O6P.2CH4O/c49-43(45(34-20-7-1-8-21-34,35-22-9-2-10-23-35)36-24-11-3-12-25-36)47-40-32-19-33-41(42(40)54-55(51,52)53)48-44(50)46(37-26-13-4-14-27-37,38-28-15-5-16-29-38)39-30-17-6-18-31-39;2*1-2/h1-33H,(H,47,49)(H,48,50)(H2,51,52,53);2*2H,1H3. The Kier molecular flexibility index (Phi) is 14.9. The summed E-state index contributed by atoms with van der Waals surface area (Å²) in [5.41, 5.74) is 0.962. The van der Waals surface area contributed by atoms with Crippen molar-refractivity contribution < 1.29 is 38.7 Å². The van der Waals surface area contributed by atoms with Crippen LogP contribution in [0.1, 0.15) is 33.4 Å². The maximum atomic E-state index is 15.2. The highest BCUT2D eigenvalue weighted by molar-refractivity contribution is 7.46. The minimum Gasteiger partial charge on any atom is -0.400 e. The lowest BCUT2D eigenvalue weighted by Gasteiger charge is -2.35. The monoisotopic (exact) mass is 808 g/mol. The molecule has 0 saturated heterocycles. The van der Waals surface area contributed by atoms with Crippen LogP contribution in [0.4, 0.5) is 11.4 Å². The van der Waals surface area contributed by atoms with Crippen LogP contribution in [-0.4, -0.2) is 46.0 Å². The van der Waals surface area contributed by atoms with Gasteiger partial charge in [-0.25, -0.2) is 4.57 Å². The van der Waals surface area contributed by atoms with Gasteiger partial charge in [0.25, 0.3) is 0 Å². The fraction of sp³-hybridized carbons (Fsp3) is 0.0833. The number of carbonyl (C=O) groups excluding carboxylic acids is 2. The number of phosphoric acid groups is 1. The SMILES string of the molecule is CO.CO.O=C(Nc1cccc(NC(=O)C(c2ccccc2)(c2ccccc2)c2ccccc2)c1OP(=O)(O)O)C(c1ccccc1)(c1ccccc1)c1ccccc1. The van der Waals surface area contributed by atoms with Gasteiger partial charge in [-0.15, -0.1) is 0 Å². The van der Waals surface area contributed by atoms with Crippen molar-refractivity contribution in [1.82, 2.24) is 0 Å². The van der Waals surface area contributed by atoms with Crippen molar-refractivity contribution >= 4 is 31.0 Å². The molecule has 7 rings (SSSR count). The summed E-state index contributed by atoms with van der Waals surface area (Å²) in [6, 6.07) is 60.2. The first-order valence-corrected chi connectivity index (χ1v) is 20.0. The lowest BCUT2D eigenvalue weighted by molar-refractivity contribution is -0.119. The molecule has 0 spiro atoms. The molecule has 0 atom stereocenters. The molecule has 10 nitrogen and oxygen atoms in total. The molecule has 7 aromatic rings. The van der Waals surface area contributed by atoms with Crippen molar-refractivity contribution in [2.45, 2.75) is 10.8 Å². The van der Waals surface area contributed by atoms with Crippen LogP contribution in [0.2, 0.25) is 0 Å². The molecule has 0 unspecified atom stereocenters. The number of nitrogens with one attached hydrogen (secondary N) is 2. The highest BCUT2D eigenvalue weighted by Gasteiger charge is 2.46. The van der Waals surface area contributed by atoms with Gasteiger partial charge in [0.15, 0.2) is 5.75 Å². The van der Waals surface area contributed by atoms with Gasteiger partial charge < -0.3 is 25.4 Å². The lowest BCUT2D eigenvalue weighted by atomic mass is 9.68. The summed E-state index contributed by atoms with van der Waals surface area (Å²) in [7, 11) is -3.26. The zero-order chi connectivity index (χ0) is 42.3. The van der Waals surface area contributed by atoms with Crippen LogP contribution in [0.3, 0.4) is 0 Å². The zero-order valence-electron chi connectivity index (χ0n) is 32.4. The van der Waals surface area contributed by atoms with Gasteiger partial charge in [0.05, 0.1) is 11.4 Å². The Labute approximate surface area is 343 Å². The summed E-state index contributed by atoms with van der Waals surface area (Å²) < 4.78 is 18.0. The van der Waals surface area contributed by atoms with Crippen LogP contribution in [0.15, 0.2) is 200 Å². The van der Waals surface area contributed by atoms with E-state index in [0.717, 1.165) is 14.2 Å². The Morgan fingerprint density at radius 2 is 0.627 bits per heavy atom. The van der Waals surface area contributed by atoms with Crippen molar-refractivity contribution in [1.29, 1.82) is 0 Å². The molecule has 59 heavy (non-hydrogen) atoms. The van der Waals surface area contributed by atoms with Gasteiger partial charge in [-0.3, -0.25) is 19.4 Å². The third kappa shape index (κ3) is 9.24. The molecule has 2 amide bonds. The summed E-state index contributed by atoms with van der Waals surface area (Å²) >= 11 is 0. The Morgan fingerprint density at radius 3 is 0.831 bits per heavy atom. The normalized spacial score (nSPS) is 11.1. The Bertz CT molecular complexity index is 2080. The van der Waals surface area contributed by atoms with E-state index in [2.05, 4.69) is 10.6 Å². The van der Waals surface area contributed by atoms with E-state index in [9.17, 15) is 14.4 Å². The summed E-state index contributed by atoms with van der Waals surface area (Å²) in [4.78, 5) is 50.8. The second kappa shape index (κ2) is 20.2. The molecular weight excluding hydrogens is 764 g/mol. The minimum atomic E-state index is -5.26. The van der Waals surface area contributed by atoms with E-state index in [1.54, 1.807) is 6.07 Å². The molecule has 0 aliphatic rings. The fourth-order valence-corrected chi connectivity index (χ4v) is 7.73. The average molecular weight is 809 g/mol. The van der Waals surface area contributed by atoms with E-state index in [0.29, 0.717) is 33.4 Å². The van der Waals surface area contributed by atoms with Crippen LogP contribution < -0.4 is 15.2 Å². The molecular formula is C48H45N2O8P. The molecule has 0 radical (unpaired) electrons. The molecule has 0 bridgehead atoms. The minimum absolute atomic E-state index is 0.0666. The molecule has 7 aromatic carbocycles. The fourth-order valence-electron chi connectivity index (χ4n) is 7.30. The number of aliphatic hydroxyl groups is 2. The van der Waals surface area contributed by atoms with Crippen LogP contribution in [-0.2, 0) is 25.0 Å². The van der Waals surface area contributed by atoms with Crippen LogP contribution in [0, 0.1) is 0 Å². The molecule has 11 heteroatoms. The summed E-state index contributed by atoms with van der Waals surface area (Å²) in [5.74, 6) is -1.46. The maximum absolute atomic E-state index is 15.2. The number of carbonyl (C=O) groups is 2. The Hall–Kier alpha value is -6.65. The second-order valence-electron chi connectivity index (χ2n) is 12.9. The molecule has 0 aromatic heterocycles. The predicted molar refractivity (Wildman–Crippen MR) is 231 cm³/mol. The van der Waals surface area contributed by atoms with Gasteiger partial charge >= 0.3 is 7.82 Å². The van der Waals surface area contributed by atoms with Crippen molar-refractivity contribution in [3.8, 4) is 5.75 Å². The van der Waals surface area contributed by atoms with E-state index in [1.807, 2.05) is 182 Å². The first-order chi connectivity index (χ1) is 28.7. The first kappa shape index (κ1) is 43.5. The van der Waals surface area contributed by atoms with Crippen molar-refractivity contribution in [2.75, 3.05) is 24.9 Å². The van der Waals surface area contributed by atoms with Gasteiger partial charge in [0, 0.05) is 14.2 Å². The largest absolute Gasteiger partial charge is 0.524 e. The quantitative estimate of drug-likeness (QED) is 0.0530. The third-order valence-corrected chi connectivity index (χ3v) is 10.1. The molecule has 0 aliphatic carbocycles. The van der Waals surface area contributed by atoms with E-state index >= 15 is 9.59 Å². The number of rotatable bonds is 12. The summed E-state index contributed by atoms with van der Waals surface area (Å²) in [5, 5.41) is 19.9. The molecule has 0 aliphatic heterocycles. The number of aliphatic hydroxyl groups excluding tert-OH is 2. The van der Waals surface area contributed by atoms with Crippen molar-refractivity contribution in [3.05, 3.63) is 234 Å². The van der Waals surface area contributed by atoms with Crippen LogP contribution >= 0.6 is 7.82 Å². The van der Waals surface area contributed by atoms with E-state index < -0.39 is 36.2 Å². The number of anilines is 2. The number of benzene rings is 7. The van der Waals surface area contributed by atoms with Gasteiger partial charge in [-0.05, 0) is 45.5 Å². The summed E-state index contributed by atoms with van der Waals surface area (Å²) in [6.45, 7) is 0. The Balaban J connectivity index is 0.00000160. The predicted octanol–water partition coefficient (Wildman–Crippen LogP) is 8.32. The summed E-state index contributed by atoms with van der Waals surface area (Å²) in [6.07, 6.45) is 0. The average Bonchev–Trinajstić information content (AvgIpc) is 3.28. The smallest absolute Gasteiger partial charge is 0.400 e. The molecule has 0 fully saturated rings. The van der Waals surface area contributed by atoms with Gasteiger partial charge in [0.2, 0.25) is 11.8 Å². The van der Waals surface area contributed by atoms with Gasteiger partial charge in [0.1, 0.15) is 10.8 Å². The molecule has 300 valence electrons. The zero-order valence-corrected chi connectivity index (χ0v) is 33.3. The number of hydrogen-bond acceptors (Lipinski definition) is 6. The topological polar surface area (TPSA) is 165 Å². The second-order valence-corrected chi connectivity index (χ2v) is 14.0. The number of amides is 2. The van der Waals surface area contributed by atoms with Crippen LogP contribution in [0.25, 0.3) is 0 Å². The van der Waals surface area contributed by atoms with E-state index in [1.165, 1.54) is 12.1 Å². The third-order valence-electron chi connectivity index (χ3n) is 9.64. The first-order valence-electron chi connectivity index (χ1n) is 18.5. The van der Waals surface area contributed by atoms with Gasteiger partial charge in [-0.1, -0.05) is 188 Å². The number of phosphoric ester groups is 1. The van der Waals surface area contributed by atoms with Crippen molar-refractivity contribution in [2.24, 2.45) is 0 Å². The number of para-hydroxylation sites is 1. The van der Waals surface area contributed by atoms with Crippen molar-refractivity contribution in [3.63, 3.8) is 0 Å². The number of hydrogen-bond donors (Lipinski definition) is 6. The Morgan fingerprint density at radius 1 is 0.407 bits per heavy atom. The molecule has 6 N–H and O–H groups in total. The maximum Gasteiger partial charge on any atom is 0.524 e. The highest BCUT2D eigenvalue weighted by atomic mass is 31.2. The molecule has 0 heterocycles. The van der Waals surface area contributed by atoms with Gasteiger partial charge in [-0.2, -0.15) is 0 Å². The molecule has 0 saturated carbocycles. The highest BCUT2D eigenvalue weighted by Crippen LogP contribution is 2.48.